The second-order valence-electron chi connectivity index (χ2n) is 3.64. The second-order valence-corrected chi connectivity index (χ2v) is 3.64. The monoisotopic (exact) mass is 193 g/mol. The van der Waals surface area contributed by atoms with Crippen molar-refractivity contribution in [3.63, 3.8) is 0 Å². The molecule has 0 spiro atoms. The van der Waals surface area contributed by atoms with Gasteiger partial charge in [0.05, 0.1) is 0 Å². The predicted octanol–water partition coefficient (Wildman–Crippen LogP) is 1.55. The van der Waals surface area contributed by atoms with Gasteiger partial charge in [-0.05, 0) is 26.6 Å². The fourth-order valence-electron chi connectivity index (χ4n) is 1.34. The number of aliphatic carboxylic acids is 1. The third kappa shape index (κ3) is 1.63. The SMILES string of the molecule is CN(C)[C@@](C)(C(=O)O)c1ccccc1. The zero-order valence-electron chi connectivity index (χ0n) is 8.69. The topological polar surface area (TPSA) is 40.5 Å². The summed E-state index contributed by atoms with van der Waals surface area (Å²) >= 11 is 0. The Bertz CT molecular complexity index is 321. The molecule has 0 bridgehead atoms. The molecule has 0 aromatic heterocycles. The predicted molar refractivity (Wildman–Crippen MR) is 55.1 cm³/mol. The first-order chi connectivity index (χ1) is 6.49. The van der Waals surface area contributed by atoms with Crippen molar-refractivity contribution in [1.82, 2.24) is 4.90 Å². The molecule has 0 heterocycles. The number of carboxylic acids is 1. The van der Waals surface area contributed by atoms with Crippen molar-refractivity contribution in [1.29, 1.82) is 0 Å². The Morgan fingerprint density at radius 1 is 1.29 bits per heavy atom. The van der Waals surface area contributed by atoms with E-state index >= 15 is 0 Å². The van der Waals surface area contributed by atoms with Crippen LogP contribution in [-0.2, 0) is 10.3 Å². The highest BCUT2D eigenvalue weighted by Gasteiger charge is 2.37. The molecule has 0 saturated carbocycles. The standard InChI is InChI=1S/C11H15NO2/c1-11(10(13)14,12(2)3)9-7-5-4-6-8-9/h4-8H,1-3H3,(H,13,14)/t11-/m1/s1. The van der Waals surface area contributed by atoms with Crippen LogP contribution in [0.2, 0.25) is 0 Å². The van der Waals surface area contributed by atoms with Crippen LogP contribution in [0.5, 0.6) is 0 Å². The molecular formula is C11H15NO2. The molecule has 1 aromatic rings. The number of carbonyl (C=O) groups is 1. The molecule has 0 radical (unpaired) electrons. The molecule has 0 aliphatic heterocycles. The van der Waals surface area contributed by atoms with E-state index in [9.17, 15) is 9.90 Å². The second kappa shape index (κ2) is 3.80. The van der Waals surface area contributed by atoms with Crippen LogP contribution in [0.25, 0.3) is 0 Å². The molecule has 0 saturated heterocycles. The number of carboxylic acid groups (broad SMARTS) is 1. The zero-order chi connectivity index (χ0) is 10.8. The van der Waals surface area contributed by atoms with Gasteiger partial charge in [-0.25, -0.2) is 4.79 Å². The van der Waals surface area contributed by atoms with E-state index in [4.69, 9.17) is 0 Å². The van der Waals surface area contributed by atoms with Crippen LogP contribution in [0.15, 0.2) is 30.3 Å². The maximum absolute atomic E-state index is 11.2. The summed E-state index contributed by atoms with van der Waals surface area (Å²) in [5, 5.41) is 9.21. The number of hydrogen-bond donors (Lipinski definition) is 1. The minimum atomic E-state index is -0.957. The quantitative estimate of drug-likeness (QED) is 0.791. The van der Waals surface area contributed by atoms with Gasteiger partial charge in [0, 0.05) is 0 Å². The van der Waals surface area contributed by atoms with E-state index < -0.39 is 11.5 Å². The summed E-state index contributed by atoms with van der Waals surface area (Å²) in [6.07, 6.45) is 0. The van der Waals surface area contributed by atoms with Crippen molar-refractivity contribution in [2.75, 3.05) is 14.1 Å². The Hall–Kier alpha value is -1.35. The molecule has 0 aliphatic carbocycles. The molecular weight excluding hydrogens is 178 g/mol. The number of nitrogens with zero attached hydrogens (tertiary/aromatic N) is 1. The van der Waals surface area contributed by atoms with Gasteiger partial charge in [0.25, 0.3) is 0 Å². The van der Waals surface area contributed by atoms with Gasteiger partial charge in [-0.2, -0.15) is 0 Å². The molecule has 14 heavy (non-hydrogen) atoms. The molecule has 1 rings (SSSR count). The van der Waals surface area contributed by atoms with E-state index in [1.807, 2.05) is 30.3 Å². The fraction of sp³-hybridized carbons (Fsp3) is 0.364. The van der Waals surface area contributed by atoms with Gasteiger partial charge in [0.15, 0.2) is 0 Å². The van der Waals surface area contributed by atoms with Gasteiger partial charge >= 0.3 is 5.97 Å². The van der Waals surface area contributed by atoms with Gasteiger partial charge in [0.1, 0.15) is 5.54 Å². The lowest BCUT2D eigenvalue weighted by atomic mass is 9.91. The molecule has 1 aromatic carbocycles. The van der Waals surface area contributed by atoms with Crippen LogP contribution in [-0.4, -0.2) is 30.1 Å². The van der Waals surface area contributed by atoms with Gasteiger partial charge in [0.2, 0.25) is 0 Å². The van der Waals surface area contributed by atoms with Crippen molar-refractivity contribution in [2.24, 2.45) is 0 Å². The first-order valence-electron chi connectivity index (χ1n) is 4.46. The lowest BCUT2D eigenvalue weighted by molar-refractivity contribution is -0.149. The van der Waals surface area contributed by atoms with Crippen molar-refractivity contribution < 1.29 is 9.90 Å². The maximum Gasteiger partial charge on any atom is 0.328 e. The molecule has 0 aliphatic rings. The summed E-state index contributed by atoms with van der Waals surface area (Å²) in [6.45, 7) is 1.70. The lowest BCUT2D eigenvalue weighted by Crippen LogP contribution is -2.45. The van der Waals surface area contributed by atoms with E-state index in [0.717, 1.165) is 5.56 Å². The number of likely N-dealkylation sites (N-methyl/N-ethyl adjacent to an activating group) is 1. The Labute approximate surface area is 84.0 Å². The van der Waals surface area contributed by atoms with E-state index in [-0.39, 0.29) is 0 Å². The maximum atomic E-state index is 11.2. The first kappa shape index (κ1) is 10.7. The number of hydrogen-bond acceptors (Lipinski definition) is 2. The molecule has 3 heteroatoms. The van der Waals surface area contributed by atoms with E-state index in [1.54, 1.807) is 25.9 Å². The Balaban J connectivity index is 3.20. The third-order valence-electron chi connectivity index (χ3n) is 2.65. The van der Waals surface area contributed by atoms with Crippen molar-refractivity contribution >= 4 is 5.97 Å². The summed E-state index contributed by atoms with van der Waals surface area (Å²) in [4.78, 5) is 12.9. The molecule has 0 fully saturated rings. The normalized spacial score (nSPS) is 15.1. The first-order valence-corrected chi connectivity index (χ1v) is 4.46. The van der Waals surface area contributed by atoms with E-state index in [2.05, 4.69) is 0 Å². The Morgan fingerprint density at radius 2 is 1.79 bits per heavy atom. The largest absolute Gasteiger partial charge is 0.480 e. The van der Waals surface area contributed by atoms with Crippen molar-refractivity contribution in [3.8, 4) is 0 Å². The van der Waals surface area contributed by atoms with Gasteiger partial charge in [-0.3, -0.25) is 4.90 Å². The average molecular weight is 193 g/mol. The van der Waals surface area contributed by atoms with Crippen molar-refractivity contribution in [3.05, 3.63) is 35.9 Å². The van der Waals surface area contributed by atoms with Crippen LogP contribution in [0.3, 0.4) is 0 Å². The molecule has 1 N–H and O–H groups in total. The van der Waals surface area contributed by atoms with Crippen LogP contribution in [0, 0.1) is 0 Å². The van der Waals surface area contributed by atoms with Crippen LogP contribution < -0.4 is 0 Å². The number of rotatable bonds is 3. The lowest BCUT2D eigenvalue weighted by Gasteiger charge is -2.32. The summed E-state index contributed by atoms with van der Waals surface area (Å²) in [5.74, 6) is -0.839. The molecule has 0 amide bonds. The van der Waals surface area contributed by atoms with Crippen molar-refractivity contribution in [2.45, 2.75) is 12.5 Å². The Morgan fingerprint density at radius 3 is 2.14 bits per heavy atom. The highest BCUT2D eigenvalue weighted by Crippen LogP contribution is 2.25. The summed E-state index contributed by atoms with van der Waals surface area (Å²) in [6, 6.07) is 9.23. The highest BCUT2D eigenvalue weighted by molar-refractivity contribution is 5.80. The van der Waals surface area contributed by atoms with Crippen LogP contribution >= 0.6 is 0 Å². The molecule has 0 unspecified atom stereocenters. The van der Waals surface area contributed by atoms with E-state index in [0.29, 0.717) is 0 Å². The highest BCUT2D eigenvalue weighted by atomic mass is 16.4. The minimum absolute atomic E-state index is 0.789. The summed E-state index contributed by atoms with van der Waals surface area (Å²) in [5.41, 5.74) is -0.168. The van der Waals surface area contributed by atoms with Gasteiger partial charge in [-0.15, -0.1) is 0 Å². The zero-order valence-corrected chi connectivity index (χ0v) is 8.69. The summed E-state index contributed by atoms with van der Waals surface area (Å²) < 4.78 is 0. The van der Waals surface area contributed by atoms with Crippen LogP contribution in [0.4, 0.5) is 0 Å². The fourth-order valence-corrected chi connectivity index (χ4v) is 1.34. The van der Waals surface area contributed by atoms with Gasteiger partial charge in [-0.1, -0.05) is 30.3 Å². The molecule has 1 atom stereocenters. The smallest absolute Gasteiger partial charge is 0.328 e. The third-order valence-corrected chi connectivity index (χ3v) is 2.65. The number of benzene rings is 1. The van der Waals surface area contributed by atoms with Crippen LogP contribution in [0.1, 0.15) is 12.5 Å². The molecule has 76 valence electrons. The van der Waals surface area contributed by atoms with E-state index in [1.165, 1.54) is 0 Å². The average Bonchev–Trinajstić information content (AvgIpc) is 2.17. The minimum Gasteiger partial charge on any atom is -0.480 e. The van der Waals surface area contributed by atoms with Gasteiger partial charge < -0.3 is 5.11 Å². The summed E-state index contributed by atoms with van der Waals surface area (Å²) in [7, 11) is 3.53. The Kier molecular flexibility index (Phi) is 2.91. The molecule has 3 nitrogen and oxygen atoms in total.